The van der Waals surface area contributed by atoms with Gasteiger partial charge in [-0.2, -0.15) is 0 Å². The molecule has 0 unspecified atom stereocenters. The van der Waals surface area contributed by atoms with Crippen molar-refractivity contribution in [3.63, 3.8) is 0 Å². The number of hydrogen-bond donors (Lipinski definition) is 4. The highest BCUT2D eigenvalue weighted by molar-refractivity contribution is 5.98. The standard InChI is InChI=1S/C30H26O10/c1-15-21(37-15)11-13-23(33)39-29-25(17-3-7-19(31)8-4-17)27(35)28(36)26(18-5-9-20(32)10-6-18)30(29)40-24(34)14-12-22-16(2)38-22/h3-16,21-22,31-32,35-36H,1-2H3/b13-11-,14-12-/t15-,16-,21-,22-/m0/s1. The molecule has 2 aliphatic rings. The lowest BCUT2D eigenvalue weighted by Gasteiger charge is -2.20. The average Bonchev–Trinajstić information content (AvgIpc) is 3.83. The lowest BCUT2D eigenvalue weighted by Crippen LogP contribution is -2.12. The maximum absolute atomic E-state index is 12.9. The fraction of sp³-hybridized carbons (Fsp3) is 0.200. The van der Waals surface area contributed by atoms with Crippen LogP contribution in [0.1, 0.15) is 13.8 Å². The van der Waals surface area contributed by atoms with E-state index in [2.05, 4.69) is 0 Å². The number of epoxide rings is 2. The molecule has 0 amide bonds. The topological polar surface area (TPSA) is 159 Å². The van der Waals surface area contributed by atoms with E-state index < -0.39 is 23.4 Å². The minimum absolute atomic E-state index is 0.0445. The molecule has 2 saturated heterocycles. The van der Waals surface area contributed by atoms with Gasteiger partial charge in [-0.05, 0) is 61.4 Å². The Morgan fingerprint density at radius 1 is 0.650 bits per heavy atom. The lowest BCUT2D eigenvalue weighted by molar-refractivity contribution is -0.131. The van der Waals surface area contributed by atoms with Crippen molar-refractivity contribution in [2.24, 2.45) is 0 Å². The Labute approximate surface area is 228 Å². The maximum atomic E-state index is 12.9. The van der Waals surface area contributed by atoms with Crippen LogP contribution in [-0.4, -0.2) is 56.8 Å². The molecule has 3 aromatic rings. The summed E-state index contributed by atoms with van der Waals surface area (Å²) >= 11 is 0. The van der Waals surface area contributed by atoms with Crippen molar-refractivity contribution in [2.45, 2.75) is 38.3 Å². The van der Waals surface area contributed by atoms with Gasteiger partial charge in [-0.25, -0.2) is 9.59 Å². The van der Waals surface area contributed by atoms with E-state index in [4.69, 9.17) is 18.9 Å². The summed E-state index contributed by atoms with van der Waals surface area (Å²) in [5, 5.41) is 41.9. The molecular formula is C30H26O10. The second-order valence-corrected chi connectivity index (χ2v) is 9.37. The summed E-state index contributed by atoms with van der Waals surface area (Å²) in [6.45, 7) is 3.67. The van der Waals surface area contributed by atoms with E-state index in [0.29, 0.717) is 0 Å². The third kappa shape index (κ3) is 5.78. The van der Waals surface area contributed by atoms with E-state index >= 15 is 0 Å². The van der Waals surface area contributed by atoms with E-state index in [0.717, 1.165) is 12.2 Å². The minimum Gasteiger partial charge on any atom is -0.508 e. The van der Waals surface area contributed by atoms with E-state index in [-0.39, 0.29) is 69.7 Å². The fourth-order valence-corrected chi connectivity index (χ4v) is 4.09. The molecule has 2 aliphatic heterocycles. The molecule has 40 heavy (non-hydrogen) atoms. The number of carbonyl (C=O) groups is 2. The molecule has 2 heterocycles. The highest BCUT2D eigenvalue weighted by Crippen LogP contribution is 2.56. The normalized spacial score (nSPS) is 21.4. The Balaban J connectivity index is 1.68. The molecule has 0 spiro atoms. The van der Waals surface area contributed by atoms with Crippen LogP contribution in [0.5, 0.6) is 34.5 Å². The van der Waals surface area contributed by atoms with Crippen LogP contribution in [0.4, 0.5) is 0 Å². The fourth-order valence-electron chi connectivity index (χ4n) is 4.09. The van der Waals surface area contributed by atoms with Crippen LogP contribution in [0, 0.1) is 0 Å². The summed E-state index contributed by atoms with van der Waals surface area (Å²) in [4.78, 5) is 25.8. The molecular weight excluding hydrogens is 520 g/mol. The number of carbonyl (C=O) groups excluding carboxylic acids is 2. The monoisotopic (exact) mass is 546 g/mol. The SMILES string of the molecule is C[C@@H]1O[C@H]1/C=C\C(=O)Oc1c(OC(=O)/C=C\[C@@H]2O[C@H]2C)c(-c2ccc(O)cc2)c(O)c(O)c1-c1ccc(O)cc1. The molecule has 0 saturated carbocycles. The third-order valence-electron chi connectivity index (χ3n) is 6.44. The molecule has 4 atom stereocenters. The number of benzene rings is 3. The van der Waals surface area contributed by atoms with Gasteiger partial charge in [0.25, 0.3) is 0 Å². The van der Waals surface area contributed by atoms with Crippen LogP contribution in [0.25, 0.3) is 22.3 Å². The van der Waals surface area contributed by atoms with E-state index in [1.165, 1.54) is 60.7 Å². The van der Waals surface area contributed by atoms with Crippen LogP contribution in [0.3, 0.4) is 0 Å². The van der Waals surface area contributed by atoms with Gasteiger partial charge in [0, 0.05) is 12.2 Å². The Kier molecular flexibility index (Phi) is 7.20. The molecule has 0 radical (unpaired) electrons. The first-order valence-electron chi connectivity index (χ1n) is 12.4. The number of ether oxygens (including phenoxy) is 4. The lowest BCUT2D eigenvalue weighted by atomic mass is 9.95. The number of rotatable bonds is 8. The van der Waals surface area contributed by atoms with Crippen LogP contribution >= 0.6 is 0 Å². The van der Waals surface area contributed by atoms with Crippen molar-refractivity contribution in [1.29, 1.82) is 0 Å². The first-order chi connectivity index (χ1) is 19.1. The van der Waals surface area contributed by atoms with Gasteiger partial charge in [-0.1, -0.05) is 24.3 Å². The summed E-state index contributed by atoms with van der Waals surface area (Å²) in [7, 11) is 0. The highest BCUT2D eigenvalue weighted by Gasteiger charge is 2.34. The Hall–Kier alpha value is -4.80. The number of aromatic hydroxyl groups is 4. The summed E-state index contributed by atoms with van der Waals surface area (Å²) in [6, 6.07) is 11.0. The second kappa shape index (κ2) is 10.8. The van der Waals surface area contributed by atoms with E-state index in [1.54, 1.807) is 0 Å². The molecule has 0 bridgehead atoms. The van der Waals surface area contributed by atoms with Crippen molar-refractivity contribution in [2.75, 3.05) is 0 Å². The van der Waals surface area contributed by atoms with Gasteiger partial charge in [0.15, 0.2) is 23.0 Å². The quantitative estimate of drug-likeness (QED) is 0.105. The average molecular weight is 547 g/mol. The van der Waals surface area contributed by atoms with E-state index in [1.807, 2.05) is 13.8 Å². The van der Waals surface area contributed by atoms with Crippen molar-refractivity contribution >= 4 is 11.9 Å². The molecule has 10 nitrogen and oxygen atoms in total. The van der Waals surface area contributed by atoms with Crippen molar-refractivity contribution in [1.82, 2.24) is 0 Å². The van der Waals surface area contributed by atoms with Crippen molar-refractivity contribution in [3.8, 4) is 56.8 Å². The molecule has 10 heteroatoms. The molecule has 4 N–H and O–H groups in total. The molecule has 2 fully saturated rings. The van der Waals surface area contributed by atoms with Gasteiger partial charge in [0.05, 0.1) is 23.3 Å². The van der Waals surface area contributed by atoms with Gasteiger partial charge in [-0.3, -0.25) is 0 Å². The van der Waals surface area contributed by atoms with Gasteiger partial charge in [-0.15, -0.1) is 0 Å². The predicted octanol–water partition coefficient (Wildman–Crippen LogP) is 4.34. The van der Waals surface area contributed by atoms with Crippen molar-refractivity contribution in [3.05, 3.63) is 72.8 Å². The summed E-state index contributed by atoms with van der Waals surface area (Å²) in [5.74, 6) is -3.92. The van der Waals surface area contributed by atoms with Crippen LogP contribution in [-0.2, 0) is 19.1 Å². The Morgan fingerprint density at radius 2 is 0.975 bits per heavy atom. The van der Waals surface area contributed by atoms with Gasteiger partial charge >= 0.3 is 11.9 Å². The minimum atomic E-state index is -0.863. The summed E-state index contributed by atoms with van der Waals surface area (Å²) in [5.41, 5.74) is 0.149. The zero-order valence-electron chi connectivity index (χ0n) is 21.5. The zero-order chi connectivity index (χ0) is 28.6. The smallest absolute Gasteiger partial charge is 0.336 e. The van der Waals surface area contributed by atoms with Crippen LogP contribution in [0.2, 0.25) is 0 Å². The molecule has 5 rings (SSSR count). The van der Waals surface area contributed by atoms with Crippen molar-refractivity contribution < 1.29 is 49.0 Å². The number of hydrogen-bond acceptors (Lipinski definition) is 10. The molecule has 0 aromatic heterocycles. The van der Waals surface area contributed by atoms with Gasteiger partial charge in [0.2, 0.25) is 0 Å². The van der Waals surface area contributed by atoms with Crippen LogP contribution in [0.15, 0.2) is 72.8 Å². The highest BCUT2D eigenvalue weighted by atomic mass is 16.6. The predicted molar refractivity (Wildman–Crippen MR) is 142 cm³/mol. The molecule has 206 valence electrons. The first-order valence-corrected chi connectivity index (χ1v) is 12.4. The van der Waals surface area contributed by atoms with Crippen LogP contribution < -0.4 is 9.47 Å². The summed E-state index contributed by atoms with van der Waals surface area (Å²) in [6.07, 6.45) is 4.73. The number of phenols is 4. The molecule has 0 aliphatic carbocycles. The third-order valence-corrected chi connectivity index (χ3v) is 6.44. The van der Waals surface area contributed by atoms with E-state index in [9.17, 15) is 30.0 Å². The largest absolute Gasteiger partial charge is 0.508 e. The Bertz CT molecular complexity index is 1390. The number of phenolic OH excluding ortho intramolecular Hbond substituents is 4. The summed E-state index contributed by atoms with van der Waals surface area (Å²) < 4.78 is 21.9. The maximum Gasteiger partial charge on any atom is 0.336 e. The number of esters is 2. The molecule has 3 aromatic carbocycles. The second-order valence-electron chi connectivity index (χ2n) is 9.37. The van der Waals surface area contributed by atoms with Gasteiger partial charge in [0.1, 0.15) is 23.7 Å². The first kappa shape index (κ1) is 26.8. The Morgan fingerprint density at radius 3 is 1.27 bits per heavy atom. The zero-order valence-corrected chi connectivity index (χ0v) is 21.5. The van der Waals surface area contributed by atoms with Gasteiger partial charge < -0.3 is 39.4 Å².